The fourth-order valence-corrected chi connectivity index (χ4v) is 6.87. The monoisotopic (exact) mass is 1880 g/mol. The van der Waals surface area contributed by atoms with Crippen molar-refractivity contribution in [2.75, 3.05) is 28.7 Å². The molecule has 438 valence electrons. The number of carbonyl (C=O) groups is 3. The van der Waals surface area contributed by atoms with Crippen molar-refractivity contribution in [3.63, 3.8) is 0 Å². The number of carbonyl (C=O) groups excluding carboxylic acids is 3. The molecule has 2 heterocycles. The van der Waals surface area contributed by atoms with Crippen molar-refractivity contribution in [1.29, 1.82) is 0 Å². The molecule has 0 fully saturated rings. The Bertz CT molecular complexity index is 2550. The molecule has 0 aromatic heterocycles. The molecule has 0 saturated carbocycles. The van der Waals surface area contributed by atoms with Crippen LogP contribution in [0.4, 0.5) is 0 Å². The molecule has 78 heavy (non-hydrogen) atoms. The van der Waals surface area contributed by atoms with Gasteiger partial charge in [0.2, 0.25) is 0 Å². The second-order valence-corrected chi connectivity index (χ2v) is 56.9. The Balaban J connectivity index is -0.000000417. The van der Waals surface area contributed by atoms with Gasteiger partial charge in [0.05, 0.1) is 13.2 Å². The van der Waals surface area contributed by atoms with Crippen LogP contribution in [0, 0.1) is 7.43 Å². The number of hydrogen-bond donors (Lipinski definition) is 4. The number of ether oxygens (including phenoxy) is 6. The van der Waals surface area contributed by atoms with Crippen molar-refractivity contribution < 1.29 is 68.2 Å². The minimum absolute atomic E-state index is 0. The summed E-state index contributed by atoms with van der Waals surface area (Å²) in [6.07, 6.45) is 0. The fraction of sp³-hybridized carbons (Fsp3) is 0.357. The van der Waals surface area contributed by atoms with Gasteiger partial charge in [-0.2, -0.15) is 0 Å². The minimum atomic E-state index is -0.415. The molecule has 0 saturated heterocycles. The summed E-state index contributed by atoms with van der Waals surface area (Å²) in [5.74, 6) is 3.07. The number of rotatable bonds is 6. The van der Waals surface area contributed by atoms with Gasteiger partial charge in [-0.1, -0.05) is 145 Å². The summed E-state index contributed by atoms with van der Waals surface area (Å²) in [5, 5.41) is 36.5. The number of benzene rings is 5. The molecule has 5 aromatic carbocycles. The Hall–Kier alpha value is -1.48. The first kappa shape index (κ1) is 83.0. The molecular formula is C56H74Br3I5O13V-. The summed E-state index contributed by atoms with van der Waals surface area (Å²) >= 11 is 21.4. The Morgan fingerprint density at radius 1 is 0.564 bits per heavy atom. The van der Waals surface area contributed by atoms with Crippen molar-refractivity contribution in [3.05, 3.63) is 135 Å². The van der Waals surface area contributed by atoms with E-state index in [4.69, 9.17) is 38.6 Å². The van der Waals surface area contributed by atoms with Crippen molar-refractivity contribution in [2.45, 2.75) is 101 Å². The molecular weight excluding hydrogens is 1810 g/mol. The van der Waals surface area contributed by atoms with Crippen LogP contribution in [0.2, 0.25) is 0 Å². The maximum atomic E-state index is 11.0. The van der Waals surface area contributed by atoms with E-state index in [-0.39, 0.29) is 59.8 Å². The van der Waals surface area contributed by atoms with Crippen LogP contribution in [0.25, 0.3) is 0 Å². The molecule has 22 heteroatoms. The molecule has 7 rings (SSSR count). The van der Waals surface area contributed by atoms with E-state index >= 15 is 0 Å². The van der Waals surface area contributed by atoms with Crippen LogP contribution in [0.3, 0.4) is 0 Å². The van der Waals surface area contributed by atoms with Gasteiger partial charge in [0.15, 0.2) is 0 Å². The molecule has 0 unspecified atom stereocenters. The van der Waals surface area contributed by atoms with E-state index in [1.807, 2.05) is 39.0 Å². The molecule has 2 aliphatic rings. The summed E-state index contributed by atoms with van der Waals surface area (Å²) in [5.41, 5.74) is 2.69. The molecule has 0 atom stereocenters. The summed E-state index contributed by atoms with van der Waals surface area (Å²) in [7, 11) is 0. The Labute approximate surface area is 554 Å². The zero-order valence-electron chi connectivity index (χ0n) is 45.3. The van der Waals surface area contributed by atoms with Crippen molar-refractivity contribution >= 4 is 171 Å². The number of esters is 3. The Morgan fingerprint density at radius 3 is 1.26 bits per heavy atom. The number of phenols is 4. The predicted molar refractivity (Wildman–Crippen MR) is 369 cm³/mol. The van der Waals surface area contributed by atoms with E-state index in [1.54, 1.807) is 54.6 Å². The van der Waals surface area contributed by atoms with E-state index in [2.05, 4.69) is 201 Å². The fourth-order valence-electron chi connectivity index (χ4n) is 5.80. The van der Waals surface area contributed by atoms with Crippen LogP contribution in [0.1, 0.15) is 102 Å². The van der Waals surface area contributed by atoms with Crippen molar-refractivity contribution in [1.82, 2.24) is 0 Å². The van der Waals surface area contributed by atoms with Crippen LogP contribution in [-0.2, 0) is 30.1 Å². The van der Waals surface area contributed by atoms with Gasteiger partial charge in [0, 0.05) is 42.7 Å². The Kier molecular flexibility index (Phi) is 47.9. The number of fused-ring (bicyclic) bond motifs is 2. The van der Waals surface area contributed by atoms with Gasteiger partial charge >= 0.3 is 82.8 Å². The molecule has 4 N–H and O–H groups in total. The van der Waals surface area contributed by atoms with Crippen molar-refractivity contribution in [3.8, 4) is 57.5 Å². The molecule has 0 aliphatic carbocycles. The summed E-state index contributed by atoms with van der Waals surface area (Å²) in [4.78, 5) is 32.1. The second kappa shape index (κ2) is 45.0. The van der Waals surface area contributed by atoms with E-state index in [0.29, 0.717) is 62.0 Å². The third kappa shape index (κ3) is 33.6. The van der Waals surface area contributed by atoms with Gasteiger partial charge in [-0.05, 0) is 130 Å². The average molecular weight is 1880 g/mol. The number of alkyl halides is 2. The van der Waals surface area contributed by atoms with Crippen LogP contribution in [0.5, 0.6) is 57.5 Å². The van der Waals surface area contributed by atoms with E-state index in [1.165, 1.54) is 47.8 Å². The number of phenolic OH excluding ortho intramolecular Hbond substituents is 4. The van der Waals surface area contributed by atoms with Crippen LogP contribution < -0.4 is 28.4 Å². The van der Waals surface area contributed by atoms with Gasteiger partial charge in [0.1, 0.15) is 77.5 Å². The van der Waals surface area contributed by atoms with E-state index < -0.39 is 5.97 Å². The standard InChI is InChI=1S/C12H13BrO3.C12H14O3.C10H12O2.C8H7BrO3.C6H5BrO2.2C2H5I.C2H6.CH4.CH3.3HI.V/c1-8(2)7-15-10-5-4-6-11(12(10)13)16-9(3)14;1-8(13)15-10-6-4-5-9-11(10)12(2,3)7-14-9;1-10(2)6-12-8-5-3-4-7(11)9(8)10;1-5(10)12-7-4-2-3-6(11)8(7)9;7-6-4(8)2-1-3-5(6)9;2*1-2-3;1-2;;;;;;/h4-6H,1,7H2,2-3H3;4-6H,7H2,1-3H3;3-5,11H,6H2,1-2H3;2-4,11H,1H3;1-3,8-9H;2*2H2,1H3;1-2H3;1H4;1H3;3*1H;/q;;;;;;;;;-1;;;;+3/p-3. The van der Waals surface area contributed by atoms with E-state index in [0.717, 1.165) is 28.2 Å². The van der Waals surface area contributed by atoms with E-state index in [9.17, 15) is 24.6 Å². The number of aromatic hydroxyl groups is 4. The Morgan fingerprint density at radius 2 is 0.859 bits per heavy atom. The summed E-state index contributed by atoms with van der Waals surface area (Å²) < 4.78 is 35.2. The predicted octanol–water partition coefficient (Wildman–Crippen LogP) is 19.3. The zero-order valence-corrected chi connectivity index (χ0v) is 62.3. The molecule has 0 spiro atoms. The third-order valence-electron chi connectivity index (χ3n) is 8.59. The quantitative estimate of drug-likeness (QED) is 0.0314. The topological polar surface area (TPSA) is 188 Å². The average Bonchev–Trinajstić information content (AvgIpc) is 3.83. The molecule has 0 bridgehead atoms. The van der Waals surface area contributed by atoms with Gasteiger partial charge in [0.25, 0.3) is 0 Å². The molecule has 0 radical (unpaired) electrons. The summed E-state index contributed by atoms with van der Waals surface area (Å²) in [6.45, 7) is 27.9. The summed E-state index contributed by atoms with van der Waals surface area (Å²) in [6, 6.07) is 25.4. The van der Waals surface area contributed by atoms with Gasteiger partial charge in [-0.15, -0.1) is 0 Å². The van der Waals surface area contributed by atoms with Crippen molar-refractivity contribution in [2.24, 2.45) is 0 Å². The SMILES string of the molecule is C.C=C(C)COc1cccc(OC(C)=O)c1Br.CC.CC(=O)Oc1cccc(O)c1Br.CC(=O)Oc1cccc2c1C(C)(C)CO2.CC1(C)COc2cccc(O)c21.CCI.CCI.Oc1cccc(O)c1Br.[CH3-].[I][V]([I])[I]. The third-order valence-corrected chi connectivity index (χ3v) is 11.0. The molecule has 13 nitrogen and oxygen atoms in total. The maximum absolute atomic E-state index is 11.0. The van der Waals surface area contributed by atoms with Crippen LogP contribution in [0.15, 0.2) is 117 Å². The molecule has 2 aliphatic heterocycles. The molecule has 5 aromatic rings. The second-order valence-electron chi connectivity index (χ2n) is 16.1. The first-order chi connectivity index (χ1) is 35.5. The first-order valence-corrected chi connectivity index (χ1v) is 41.8. The van der Waals surface area contributed by atoms with Crippen LogP contribution >= 0.6 is 153 Å². The molecule has 0 amide bonds. The van der Waals surface area contributed by atoms with Gasteiger partial charge in [-0.25, -0.2) is 0 Å². The van der Waals surface area contributed by atoms with Crippen LogP contribution in [-0.4, -0.2) is 67.0 Å². The zero-order chi connectivity index (χ0) is 58.9. The normalized spacial score (nSPS) is 11.6. The number of hydrogen-bond acceptors (Lipinski definition) is 13. The first-order valence-electron chi connectivity index (χ1n) is 22.9. The number of halogens is 8. The van der Waals surface area contributed by atoms with Gasteiger partial charge in [-0.3, -0.25) is 14.4 Å². The van der Waals surface area contributed by atoms with Gasteiger partial charge < -0.3 is 56.3 Å².